The zero-order valence-corrected chi connectivity index (χ0v) is 9.76. The van der Waals surface area contributed by atoms with Crippen molar-refractivity contribution in [2.24, 2.45) is 5.73 Å². The summed E-state index contributed by atoms with van der Waals surface area (Å²) in [5.41, 5.74) is 5.64. The van der Waals surface area contributed by atoms with Crippen LogP contribution in [-0.4, -0.2) is 28.9 Å². The van der Waals surface area contributed by atoms with Gasteiger partial charge in [-0.3, -0.25) is 4.79 Å². The number of nitrogens with one attached hydrogen (secondary N) is 1. The first-order valence-electron chi connectivity index (χ1n) is 4.81. The van der Waals surface area contributed by atoms with Crippen LogP contribution in [0.2, 0.25) is 0 Å². The molecule has 88 valence electrons. The summed E-state index contributed by atoms with van der Waals surface area (Å²) in [6, 6.07) is 3.62. The number of halogens is 1. The van der Waals surface area contributed by atoms with Crippen LogP contribution in [0.3, 0.4) is 0 Å². The van der Waals surface area contributed by atoms with Gasteiger partial charge in [0.2, 0.25) is 11.9 Å². The molecule has 0 radical (unpaired) electrons. The van der Waals surface area contributed by atoms with Crippen molar-refractivity contribution in [1.29, 1.82) is 0 Å². The lowest BCUT2D eigenvalue weighted by atomic mass is 10.2. The molecule has 0 unspecified atom stereocenters. The van der Waals surface area contributed by atoms with E-state index in [0.29, 0.717) is 6.42 Å². The number of carbonyl (C=O) groups excluding carboxylic acids is 1. The molecule has 0 saturated heterocycles. The monoisotopic (exact) mass is 243 g/mol. The quantitative estimate of drug-likeness (QED) is 0.763. The normalized spacial score (nSPS) is 12.2. The summed E-state index contributed by atoms with van der Waals surface area (Å²) >= 11 is 1.62. The number of thioether (sulfide) groups is 1. The highest BCUT2D eigenvalue weighted by Crippen LogP contribution is 2.05. The fourth-order valence-electron chi connectivity index (χ4n) is 1.07. The molecule has 1 atom stereocenters. The number of nitrogens with zero attached hydrogens (tertiary/aromatic N) is 1. The van der Waals surface area contributed by atoms with Crippen LogP contribution in [0.5, 0.6) is 0 Å². The molecule has 1 amide bonds. The molecule has 0 aliphatic rings. The third-order valence-electron chi connectivity index (χ3n) is 1.94. The van der Waals surface area contributed by atoms with Crippen LogP contribution in [0.4, 0.5) is 10.2 Å². The van der Waals surface area contributed by atoms with Gasteiger partial charge in [-0.1, -0.05) is 6.07 Å². The second-order valence-electron chi connectivity index (χ2n) is 3.22. The van der Waals surface area contributed by atoms with Gasteiger partial charge in [0.15, 0.2) is 0 Å². The standard InChI is InChI=1S/C10H14FN3OS/c1-16-6-5-7(12)10(15)14-9-4-2-3-8(11)13-9/h2-4,7H,5-6,12H2,1H3,(H,13,14,15)/t7-/m0/s1. The van der Waals surface area contributed by atoms with E-state index in [1.54, 1.807) is 11.8 Å². The van der Waals surface area contributed by atoms with E-state index in [-0.39, 0.29) is 11.7 Å². The Hall–Kier alpha value is -1.14. The second kappa shape index (κ2) is 6.44. The Balaban J connectivity index is 2.50. The van der Waals surface area contributed by atoms with Gasteiger partial charge in [0.1, 0.15) is 5.82 Å². The summed E-state index contributed by atoms with van der Waals surface area (Å²) < 4.78 is 12.7. The van der Waals surface area contributed by atoms with Crippen molar-refractivity contribution in [2.45, 2.75) is 12.5 Å². The number of amides is 1. The molecule has 1 aromatic heterocycles. The van der Waals surface area contributed by atoms with E-state index in [2.05, 4.69) is 10.3 Å². The predicted molar refractivity (Wildman–Crippen MR) is 63.8 cm³/mol. The lowest BCUT2D eigenvalue weighted by Gasteiger charge is -2.10. The number of aromatic nitrogens is 1. The molecule has 0 spiro atoms. The van der Waals surface area contributed by atoms with Crippen LogP contribution < -0.4 is 11.1 Å². The first-order chi connectivity index (χ1) is 7.63. The van der Waals surface area contributed by atoms with Crippen molar-refractivity contribution >= 4 is 23.5 Å². The van der Waals surface area contributed by atoms with Crippen LogP contribution in [0.15, 0.2) is 18.2 Å². The molecule has 0 saturated carbocycles. The van der Waals surface area contributed by atoms with Gasteiger partial charge in [-0.15, -0.1) is 0 Å². The fraction of sp³-hybridized carbons (Fsp3) is 0.400. The highest BCUT2D eigenvalue weighted by Gasteiger charge is 2.13. The fourth-order valence-corrected chi connectivity index (χ4v) is 1.56. The summed E-state index contributed by atoms with van der Waals surface area (Å²) in [5.74, 6) is 0.0257. The molecule has 0 aliphatic carbocycles. The van der Waals surface area contributed by atoms with Crippen LogP contribution in [0.1, 0.15) is 6.42 Å². The number of rotatable bonds is 5. The van der Waals surface area contributed by atoms with E-state index in [1.807, 2.05) is 6.26 Å². The van der Waals surface area contributed by atoms with E-state index in [1.165, 1.54) is 18.2 Å². The maximum absolute atomic E-state index is 12.7. The molecule has 0 fully saturated rings. The maximum Gasteiger partial charge on any atom is 0.242 e. The van der Waals surface area contributed by atoms with Gasteiger partial charge in [0.05, 0.1) is 6.04 Å². The molecule has 4 nitrogen and oxygen atoms in total. The van der Waals surface area contributed by atoms with Crippen molar-refractivity contribution in [3.63, 3.8) is 0 Å². The lowest BCUT2D eigenvalue weighted by molar-refractivity contribution is -0.117. The molecule has 1 heterocycles. The zero-order chi connectivity index (χ0) is 12.0. The number of hydrogen-bond acceptors (Lipinski definition) is 4. The van der Waals surface area contributed by atoms with Gasteiger partial charge in [-0.2, -0.15) is 16.2 Å². The number of nitrogens with two attached hydrogens (primary N) is 1. The van der Waals surface area contributed by atoms with Crippen LogP contribution in [0.25, 0.3) is 0 Å². The van der Waals surface area contributed by atoms with E-state index in [9.17, 15) is 9.18 Å². The van der Waals surface area contributed by atoms with E-state index in [4.69, 9.17) is 5.73 Å². The minimum Gasteiger partial charge on any atom is -0.320 e. The largest absolute Gasteiger partial charge is 0.320 e. The van der Waals surface area contributed by atoms with Gasteiger partial charge in [0.25, 0.3) is 0 Å². The number of anilines is 1. The van der Waals surface area contributed by atoms with Gasteiger partial charge >= 0.3 is 0 Å². The Bertz CT molecular complexity index is 362. The summed E-state index contributed by atoms with van der Waals surface area (Å²) in [4.78, 5) is 15.0. The Morgan fingerprint density at radius 3 is 3.06 bits per heavy atom. The number of pyridine rings is 1. The number of carbonyl (C=O) groups is 1. The molecule has 16 heavy (non-hydrogen) atoms. The van der Waals surface area contributed by atoms with Crippen molar-refractivity contribution in [2.75, 3.05) is 17.3 Å². The lowest BCUT2D eigenvalue weighted by Crippen LogP contribution is -2.36. The SMILES string of the molecule is CSCC[C@H](N)C(=O)Nc1cccc(F)n1. The molecular weight excluding hydrogens is 229 g/mol. The highest BCUT2D eigenvalue weighted by molar-refractivity contribution is 7.98. The van der Waals surface area contributed by atoms with Crippen molar-refractivity contribution in [3.8, 4) is 0 Å². The van der Waals surface area contributed by atoms with Gasteiger partial charge < -0.3 is 11.1 Å². The average Bonchev–Trinajstić information content (AvgIpc) is 2.25. The molecule has 1 aromatic rings. The van der Waals surface area contributed by atoms with Crippen LogP contribution in [0, 0.1) is 5.95 Å². The summed E-state index contributed by atoms with van der Waals surface area (Å²) in [7, 11) is 0. The molecule has 3 N–H and O–H groups in total. The van der Waals surface area contributed by atoms with E-state index >= 15 is 0 Å². The van der Waals surface area contributed by atoms with Gasteiger partial charge in [-0.25, -0.2) is 4.98 Å². The molecule has 6 heteroatoms. The Labute approximate surface area is 97.8 Å². The summed E-state index contributed by atoms with van der Waals surface area (Å²) in [6.07, 6.45) is 2.53. The third kappa shape index (κ3) is 4.16. The minimum absolute atomic E-state index is 0.185. The van der Waals surface area contributed by atoms with Gasteiger partial charge in [-0.05, 0) is 30.6 Å². The van der Waals surface area contributed by atoms with E-state index in [0.717, 1.165) is 5.75 Å². The van der Waals surface area contributed by atoms with Crippen LogP contribution >= 0.6 is 11.8 Å². The summed E-state index contributed by atoms with van der Waals surface area (Å²) in [6.45, 7) is 0. The Kier molecular flexibility index (Phi) is 5.21. The van der Waals surface area contributed by atoms with Gasteiger partial charge in [0, 0.05) is 0 Å². The minimum atomic E-state index is -0.629. The average molecular weight is 243 g/mol. The van der Waals surface area contributed by atoms with Crippen LogP contribution in [-0.2, 0) is 4.79 Å². The molecule has 1 rings (SSSR count). The highest BCUT2D eigenvalue weighted by atomic mass is 32.2. The molecule has 0 bridgehead atoms. The van der Waals surface area contributed by atoms with Crippen molar-refractivity contribution in [3.05, 3.63) is 24.1 Å². The Morgan fingerprint density at radius 1 is 1.69 bits per heavy atom. The topological polar surface area (TPSA) is 68.0 Å². The number of hydrogen-bond donors (Lipinski definition) is 2. The zero-order valence-electron chi connectivity index (χ0n) is 8.94. The second-order valence-corrected chi connectivity index (χ2v) is 4.21. The molecule has 0 aromatic carbocycles. The maximum atomic E-state index is 12.7. The summed E-state index contributed by atoms with van der Waals surface area (Å²) in [5, 5.41) is 2.47. The third-order valence-corrected chi connectivity index (χ3v) is 2.58. The first kappa shape index (κ1) is 12.9. The van der Waals surface area contributed by atoms with E-state index < -0.39 is 12.0 Å². The molecule has 0 aliphatic heterocycles. The van der Waals surface area contributed by atoms with Crippen molar-refractivity contribution < 1.29 is 9.18 Å². The smallest absolute Gasteiger partial charge is 0.242 e. The first-order valence-corrected chi connectivity index (χ1v) is 6.21. The molecular formula is C10H14FN3OS. The van der Waals surface area contributed by atoms with Crippen molar-refractivity contribution in [1.82, 2.24) is 4.98 Å². The predicted octanol–water partition coefficient (Wildman–Crippen LogP) is 1.24. The Morgan fingerprint density at radius 2 is 2.44 bits per heavy atom.